The Bertz CT molecular complexity index is 3930. The van der Waals surface area contributed by atoms with Crippen LogP contribution in [0.5, 0.6) is 5.75 Å². The summed E-state index contributed by atoms with van der Waals surface area (Å²) in [6.45, 7) is 2.74. The number of hydrogen-bond acceptors (Lipinski definition) is 26. The molecule has 0 radical (unpaired) electrons. The summed E-state index contributed by atoms with van der Waals surface area (Å²) in [7, 11) is 0. The monoisotopic (exact) mass is 1730 g/mol. The molecule has 33 N–H and O–H groups in total. The SMILES string of the molecule is CC(C)C[C@H](NC(=O)[C@H](CO)NC(=O)CNC(=O)[C@@H](N)Cc1ccc(O)cc1)C(=O)N1CCC[C@H]1C(=O)N[C@@H](CCC(N)=O)C(=O)N[C@@H](CCCCN)C(=O)N[C@@H](C)C(=O)N[C@@H](CCC(N)=O)C(=O)N[C@@H](CCCNC(=N)N)C(=O)N1CCC[C@H]1C(=O)N[C@@H](CCC(N)=O)C(=O)N[C@@H](CC(=O)O)C(=O)N[C@@H](CCC(=O)O)C(=O)N[C@@H](CC(N)=O)C(=O)O. The highest BCUT2D eigenvalue weighted by Gasteiger charge is 2.44. The van der Waals surface area contributed by atoms with Gasteiger partial charge in [0.2, 0.25) is 106 Å². The van der Waals surface area contributed by atoms with E-state index in [1.54, 1.807) is 26.0 Å². The topological polar surface area (TPSA) is 828 Å². The first-order valence-electron chi connectivity index (χ1n) is 39.3. The van der Waals surface area contributed by atoms with Crippen molar-refractivity contribution in [3.05, 3.63) is 29.8 Å². The van der Waals surface area contributed by atoms with Crippen LogP contribution < -0.4 is 109 Å². The molecule has 0 spiro atoms. The average molecular weight is 1730 g/mol. The zero-order chi connectivity index (χ0) is 91.8. The minimum atomic E-state index is -2.17. The van der Waals surface area contributed by atoms with Crippen LogP contribution in [0.1, 0.15) is 155 Å². The van der Waals surface area contributed by atoms with E-state index in [1.807, 2.05) is 10.6 Å². The minimum absolute atomic E-state index is 0.00814. The third-order valence-electron chi connectivity index (χ3n) is 19.2. The minimum Gasteiger partial charge on any atom is -0.508 e. The highest BCUT2D eigenvalue weighted by atomic mass is 16.4. The van der Waals surface area contributed by atoms with Crippen molar-refractivity contribution in [2.24, 2.45) is 46.1 Å². The van der Waals surface area contributed by atoms with Gasteiger partial charge in [-0.25, -0.2) is 4.79 Å². The number of phenols is 1. The van der Waals surface area contributed by atoms with Gasteiger partial charge in [-0.2, -0.15) is 0 Å². The molecule has 14 atom stereocenters. The molecule has 3 rings (SSSR count). The number of nitrogens with zero attached hydrogens (tertiary/aromatic N) is 2. The summed E-state index contributed by atoms with van der Waals surface area (Å²) in [6, 6.07) is -17.3. The van der Waals surface area contributed by atoms with Crippen molar-refractivity contribution in [1.82, 2.24) is 78.9 Å². The maximum absolute atomic E-state index is 14.8. The predicted molar refractivity (Wildman–Crippen MR) is 424 cm³/mol. The first kappa shape index (κ1) is 103. The fourth-order valence-corrected chi connectivity index (χ4v) is 12.8. The van der Waals surface area contributed by atoms with Crippen LogP contribution in [0.2, 0.25) is 0 Å². The molecule has 2 fully saturated rings. The molecular formula is C73H115N23O26. The Hall–Kier alpha value is -13.0. The van der Waals surface area contributed by atoms with Gasteiger partial charge < -0.3 is 145 Å². The molecule has 122 heavy (non-hydrogen) atoms. The van der Waals surface area contributed by atoms with Crippen molar-refractivity contribution in [3.8, 4) is 5.75 Å². The Morgan fingerprint density at radius 3 is 1.32 bits per heavy atom. The van der Waals surface area contributed by atoms with Crippen molar-refractivity contribution in [2.45, 2.75) is 240 Å². The second kappa shape index (κ2) is 52.2. The number of phenolic OH excluding ortho intramolecular Hbond substituents is 1. The quantitative estimate of drug-likeness (QED) is 0.0164. The Morgan fingerprint density at radius 1 is 0.451 bits per heavy atom. The van der Waals surface area contributed by atoms with Crippen LogP contribution >= 0.6 is 0 Å². The Morgan fingerprint density at radius 2 is 0.869 bits per heavy atom. The number of carbonyl (C=O) groups excluding carboxylic acids is 18. The Balaban J connectivity index is 1.88. The number of amides is 18. The van der Waals surface area contributed by atoms with Gasteiger partial charge in [-0.1, -0.05) is 26.0 Å². The molecule has 678 valence electrons. The van der Waals surface area contributed by atoms with Crippen molar-refractivity contribution < 1.29 is 126 Å². The number of aliphatic hydroxyl groups excluding tert-OH is 1. The molecule has 0 saturated carbocycles. The van der Waals surface area contributed by atoms with Crippen LogP contribution in [0.15, 0.2) is 24.3 Å². The standard InChI is InChI=1S/C73H115N23O26/c1-35(2)29-47(93-67(116)49(34-97)85-56(103)33-83-60(109)39(75)30-37-13-15-38(98)16-14-37)71(120)96-28-8-12-51(96)69(118)89-42(18-22-53(77)100)62(111)87-40(9-4-5-25-74)61(110)84-36(3)59(108)86-41(17-21-52(76)99)63(112)91-45(10-6-26-82-73(80)81)70(119)95-27-7-11-50(95)68(117)90-43(19-23-54(78)101)64(113)92-46(32-58(106)107)66(115)88-44(20-24-57(104)105)65(114)94-48(72(121)122)31-55(79)102/h13-16,35-36,39-51,97-98H,4-12,17-34,74-75H2,1-3H3,(H2,76,99)(H2,77,100)(H2,78,101)(H2,79,102)(H,83,109)(H,84,110)(H,85,103)(H,86,108)(H,87,111)(H,88,115)(H,89,118)(H,90,117)(H,91,112)(H,92,113)(H,93,116)(H,94,114)(H,104,105)(H,106,107)(H,121,122)(H4,80,81,82)/t36-,39-,40-,41-,42-,43-,44-,45-,46-,47-,48-,49-,50-,51-/m0/s1. The van der Waals surface area contributed by atoms with Gasteiger partial charge in [0.25, 0.3) is 0 Å². The number of carboxylic acids is 3. The van der Waals surface area contributed by atoms with E-state index in [9.17, 15) is 126 Å². The number of hydrogen-bond donors (Lipinski definition) is 26. The molecule has 0 bridgehead atoms. The number of guanidine groups is 1. The summed E-state index contributed by atoms with van der Waals surface area (Å²) >= 11 is 0. The number of benzene rings is 1. The molecule has 2 saturated heterocycles. The van der Waals surface area contributed by atoms with Gasteiger partial charge in [0, 0.05) is 45.3 Å². The summed E-state index contributed by atoms with van der Waals surface area (Å²) in [4.78, 5) is 282. The third-order valence-corrected chi connectivity index (χ3v) is 19.2. The molecule has 0 aromatic heterocycles. The van der Waals surface area contributed by atoms with E-state index < -0.39 is 292 Å². The van der Waals surface area contributed by atoms with E-state index in [0.29, 0.717) is 5.56 Å². The molecule has 49 nitrogen and oxygen atoms in total. The van der Waals surface area contributed by atoms with E-state index in [-0.39, 0.29) is 108 Å². The van der Waals surface area contributed by atoms with Gasteiger partial charge in [0.15, 0.2) is 5.96 Å². The molecule has 0 aliphatic carbocycles. The summed E-state index contributed by atoms with van der Waals surface area (Å²) in [5, 5.41) is 86.6. The average Bonchev–Trinajstić information content (AvgIpc) is 1.65. The number of likely N-dealkylation sites (tertiary alicyclic amines) is 2. The maximum Gasteiger partial charge on any atom is 0.326 e. The largest absolute Gasteiger partial charge is 0.508 e. The lowest BCUT2D eigenvalue weighted by atomic mass is 10.0. The highest BCUT2D eigenvalue weighted by molar-refractivity contribution is 6.02. The van der Waals surface area contributed by atoms with Crippen molar-refractivity contribution in [1.29, 1.82) is 5.41 Å². The van der Waals surface area contributed by atoms with E-state index in [1.165, 1.54) is 12.1 Å². The Kier molecular flexibility index (Phi) is 44.1. The predicted octanol–water partition coefficient (Wildman–Crippen LogP) is -10.8. The zero-order valence-electron chi connectivity index (χ0n) is 67.8. The number of carbonyl (C=O) groups is 21. The van der Waals surface area contributed by atoms with E-state index >= 15 is 0 Å². The molecule has 49 heteroatoms. The van der Waals surface area contributed by atoms with Crippen molar-refractivity contribution in [3.63, 3.8) is 0 Å². The first-order chi connectivity index (χ1) is 57.4. The van der Waals surface area contributed by atoms with Gasteiger partial charge in [0.05, 0.1) is 32.0 Å². The van der Waals surface area contributed by atoms with Gasteiger partial charge in [-0.05, 0) is 133 Å². The molecule has 0 unspecified atom stereocenters. The van der Waals surface area contributed by atoms with Crippen LogP contribution in [0.4, 0.5) is 0 Å². The summed E-state index contributed by atoms with van der Waals surface area (Å²) in [5.74, 6) is -24.9. The van der Waals surface area contributed by atoms with Crippen LogP contribution in [0.3, 0.4) is 0 Å². The smallest absolute Gasteiger partial charge is 0.326 e. The Labute approximate surface area is 699 Å². The molecule has 2 aliphatic rings. The number of primary amides is 4. The van der Waals surface area contributed by atoms with Crippen LogP contribution in [-0.4, -0.2) is 289 Å². The normalized spacial score (nSPS) is 16.5. The number of nitrogens with two attached hydrogens (primary N) is 7. The lowest BCUT2D eigenvalue weighted by Crippen LogP contribution is -2.60. The maximum atomic E-state index is 14.8. The fourth-order valence-electron chi connectivity index (χ4n) is 12.8. The number of aliphatic hydroxyl groups is 1. The number of aromatic hydroxyl groups is 1. The lowest BCUT2D eigenvalue weighted by molar-refractivity contribution is -0.144. The second-order valence-corrected chi connectivity index (χ2v) is 29.6. The summed E-state index contributed by atoms with van der Waals surface area (Å²) < 4.78 is 0. The van der Waals surface area contributed by atoms with Crippen LogP contribution in [0.25, 0.3) is 0 Å². The lowest BCUT2D eigenvalue weighted by Gasteiger charge is -2.31. The number of unbranched alkanes of at least 4 members (excludes halogenated alkanes) is 1. The molecule has 1 aromatic rings. The van der Waals surface area contributed by atoms with Crippen LogP contribution in [0, 0.1) is 11.3 Å². The van der Waals surface area contributed by atoms with Gasteiger partial charge in [-0.15, -0.1) is 0 Å². The number of rotatable bonds is 56. The van der Waals surface area contributed by atoms with Crippen molar-refractivity contribution in [2.75, 3.05) is 39.3 Å². The van der Waals surface area contributed by atoms with Crippen LogP contribution in [-0.2, 0) is 107 Å². The molecule has 2 aliphatic heterocycles. The van der Waals surface area contributed by atoms with Gasteiger partial charge in [-0.3, -0.25) is 101 Å². The fraction of sp³-hybridized carbons (Fsp3) is 0.616. The second-order valence-electron chi connectivity index (χ2n) is 29.6. The highest BCUT2D eigenvalue weighted by Crippen LogP contribution is 2.24. The zero-order valence-corrected chi connectivity index (χ0v) is 67.8. The van der Waals surface area contributed by atoms with Gasteiger partial charge >= 0.3 is 17.9 Å². The van der Waals surface area contributed by atoms with Crippen molar-refractivity contribution >= 4 is 130 Å². The van der Waals surface area contributed by atoms with Gasteiger partial charge in [0.1, 0.15) is 84.3 Å². The summed E-state index contributed by atoms with van der Waals surface area (Å²) in [6.07, 6.45) is -7.12. The molecule has 2 heterocycles. The third kappa shape index (κ3) is 37.1. The molecule has 1 aromatic carbocycles. The molecular weight excluding hydrogens is 1610 g/mol. The van der Waals surface area contributed by atoms with E-state index in [0.717, 1.165) is 16.7 Å². The number of carboxylic acid groups (broad SMARTS) is 3. The van der Waals surface area contributed by atoms with E-state index in [4.69, 9.17) is 45.5 Å². The first-order valence-corrected chi connectivity index (χ1v) is 39.3. The van der Waals surface area contributed by atoms with E-state index in [2.05, 4.69) is 58.5 Å². The summed E-state index contributed by atoms with van der Waals surface area (Å²) in [5.41, 5.74) is 39.3. The number of aliphatic carboxylic acids is 3. The molecule has 18 amide bonds. The number of nitrogens with one attached hydrogen (secondary N) is 14.